The Morgan fingerprint density at radius 3 is 2.86 bits per heavy atom. The number of carbonyl (C=O) groups excluding carboxylic acids is 1. The molecule has 0 saturated carbocycles. The molecule has 4 N–H and O–H groups in total. The number of nitrogens with two attached hydrogens (primary N) is 1. The van der Waals surface area contributed by atoms with Gasteiger partial charge < -0.3 is 20.8 Å². The number of guanidine groups is 1. The second-order valence-electron chi connectivity index (χ2n) is 6.29. The number of amides is 1. The molecule has 0 saturated heterocycles. The fraction of sp³-hybridized carbons (Fsp3) is 0.250. The van der Waals surface area contributed by atoms with Gasteiger partial charge in [0.2, 0.25) is 11.0 Å². The second kappa shape index (κ2) is 9.18. The molecule has 0 fully saturated rings. The number of aliphatic imine (C=N–C) groups is 1. The number of benzene rings is 1. The van der Waals surface area contributed by atoms with Crippen LogP contribution in [0.3, 0.4) is 0 Å². The van der Waals surface area contributed by atoms with E-state index in [0.717, 1.165) is 6.42 Å². The van der Waals surface area contributed by atoms with Crippen molar-refractivity contribution in [3.05, 3.63) is 58.7 Å². The molecular formula is C20H23N5O2S. The van der Waals surface area contributed by atoms with Gasteiger partial charge in [-0.2, -0.15) is 4.99 Å². The van der Waals surface area contributed by atoms with Gasteiger partial charge in [0.05, 0.1) is 6.54 Å². The fourth-order valence-corrected chi connectivity index (χ4v) is 3.30. The zero-order valence-electron chi connectivity index (χ0n) is 15.9. The van der Waals surface area contributed by atoms with Crippen LogP contribution in [0.2, 0.25) is 0 Å². The molecule has 2 aromatic heterocycles. The van der Waals surface area contributed by atoms with Gasteiger partial charge in [0, 0.05) is 18.8 Å². The van der Waals surface area contributed by atoms with E-state index in [9.17, 15) is 4.79 Å². The lowest BCUT2D eigenvalue weighted by Gasteiger charge is -2.07. The summed E-state index contributed by atoms with van der Waals surface area (Å²) in [5.74, 6) is 1.53. The van der Waals surface area contributed by atoms with Crippen LogP contribution >= 0.6 is 11.3 Å². The van der Waals surface area contributed by atoms with Gasteiger partial charge >= 0.3 is 0 Å². The summed E-state index contributed by atoms with van der Waals surface area (Å²) in [5, 5.41) is 8.23. The van der Waals surface area contributed by atoms with E-state index in [1.165, 1.54) is 29.4 Å². The summed E-state index contributed by atoms with van der Waals surface area (Å²) in [7, 11) is 0. The summed E-state index contributed by atoms with van der Waals surface area (Å²) in [6.45, 7) is 4.61. The fourth-order valence-electron chi connectivity index (χ4n) is 2.61. The van der Waals surface area contributed by atoms with Gasteiger partial charge in [-0.15, -0.1) is 11.3 Å². The molecule has 0 unspecified atom stereocenters. The number of furan rings is 1. The molecular weight excluding hydrogens is 374 g/mol. The minimum Gasteiger partial charge on any atom is -0.458 e. The van der Waals surface area contributed by atoms with Gasteiger partial charge in [-0.25, -0.2) is 4.98 Å². The lowest BCUT2D eigenvalue weighted by molar-refractivity contribution is -0.119. The molecule has 0 aliphatic carbocycles. The van der Waals surface area contributed by atoms with Gasteiger partial charge in [0.1, 0.15) is 11.5 Å². The van der Waals surface area contributed by atoms with E-state index in [0.29, 0.717) is 41.4 Å². The molecule has 0 atom stereocenters. The molecule has 0 radical (unpaired) electrons. The Labute approximate surface area is 167 Å². The normalized spacial score (nSPS) is 11.4. The van der Waals surface area contributed by atoms with Gasteiger partial charge in [0.25, 0.3) is 0 Å². The minimum atomic E-state index is -0.103. The van der Waals surface area contributed by atoms with Gasteiger partial charge in [-0.05, 0) is 36.6 Å². The van der Waals surface area contributed by atoms with E-state index in [4.69, 9.17) is 10.2 Å². The highest BCUT2D eigenvalue weighted by atomic mass is 32.1. The number of thiazole rings is 1. The van der Waals surface area contributed by atoms with Gasteiger partial charge in [-0.3, -0.25) is 4.79 Å². The first-order valence-corrected chi connectivity index (χ1v) is 9.81. The zero-order chi connectivity index (χ0) is 19.9. The van der Waals surface area contributed by atoms with E-state index in [2.05, 4.69) is 39.7 Å². The first kappa shape index (κ1) is 19.6. The summed E-state index contributed by atoms with van der Waals surface area (Å²) in [6.07, 6.45) is 0.871. The molecule has 8 heteroatoms. The molecule has 0 spiro atoms. The molecule has 1 amide bonds. The van der Waals surface area contributed by atoms with Crippen molar-refractivity contribution in [3.8, 4) is 11.5 Å². The molecule has 28 heavy (non-hydrogen) atoms. The van der Waals surface area contributed by atoms with Crippen molar-refractivity contribution in [2.75, 3.05) is 6.54 Å². The lowest BCUT2D eigenvalue weighted by atomic mass is 10.1. The van der Waals surface area contributed by atoms with Gasteiger partial charge in [-0.1, -0.05) is 24.3 Å². The molecule has 7 nitrogen and oxygen atoms in total. The highest BCUT2D eigenvalue weighted by molar-refractivity contribution is 7.13. The van der Waals surface area contributed by atoms with Crippen molar-refractivity contribution in [2.24, 2.45) is 10.7 Å². The maximum Gasteiger partial charge on any atom is 0.217 e. The molecule has 3 rings (SSSR count). The number of nitrogens with zero attached hydrogens (tertiary/aromatic N) is 2. The number of rotatable bonds is 7. The smallest absolute Gasteiger partial charge is 0.217 e. The van der Waals surface area contributed by atoms with Crippen molar-refractivity contribution in [1.29, 1.82) is 0 Å². The quantitative estimate of drug-likeness (QED) is 0.420. The summed E-state index contributed by atoms with van der Waals surface area (Å²) in [6, 6.07) is 11.9. The molecule has 0 aliphatic heterocycles. The number of hydrogen-bond donors (Lipinski definition) is 3. The second-order valence-corrected chi connectivity index (χ2v) is 7.13. The minimum absolute atomic E-state index is 0.103. The number of nitrogens with one attached hydrogen (secondary N) is 2. The largest absolute Gasteiger partial charge is 0.458 e. The monoisotopic (exact) mass is 397 g/mol. The van der Waals surface area contributed by atoms with Crippen LogP contribution < -0.4 is 16.4 Å². The first-order chi connectivity index (χ1) is 13.5. The number of aryl methyl sites for hydroxylation is 1. The summed E-state index contributed by atoms with van der Waals surface area (Å²) < 4.78 is 5.70. The maximum atomic E-state index is 11.0. The Kier molecular flexibility index (Phi) is 6.44. The molecule has 146 valence electrons. The van der Waals surface area contributed by atoms with E-state index >= 15 is 0 Å². The summed E-state index contributed by atoms with van der Waals surface area (Å²) in [4.78, 5) is 19.7. The Bertz CT molecular complexity index is 976. The third kappa shape index (κ3) is 5.43. The summed E-state index contributed by atoms with van der Waals surface area (Å²) in [5.41, 5.74) is 9.20. The van der Waals surface area contributed by atoms with Crippen molar-refractivity contribution in [1.82, 2.24) is 15.6 Å². The van der Waals surface area contributed by atoms with Crippen molar-refractivity contribution in [2.45, 2.75) is 26.8 Å². The molecule has 0 bridgehead atoms. The van der Waals surface area contributed by atoms with E-state index in [-0.39, 0.29) is 5.91 Å². The molecule has 0 aliphatic rings. The SMILES string of the molecule is CC(=O)NCc1ccc(-c2csc(/N=C(\N)NCCc3ccccc3C)n2)o1. The molecule has 3 aromatic rings. The highest BCUT2D eigenvalue weighted by Crippen LogP contribution is 2.28. The van der Waals surface area contributed by atoms with Crippen LogP contribution in [0.25, 0.3) is 11.5 Å². The van der Waals surface area contributed by atoms with E-state index in [1.54, 1.807) is 0 Å². The zero-order valence-corrected chi connectivity index (χ0v) is 16.7. The molecule has 2 heterocycles. The van der Waals surface area contributed by atoms with Crippen LogP contribution in [-0.2, 0) is 17.8 Å². The third-order valence-electron chi connectivity index (χ3n) is 4.10. The van der Waals surface area contributed by atoms with E-state index < -0.39 is 0 Å². The first-order valence-electron chi connectivity index (χ1n) is 8.93. The van der Waals surface area contributed by atoms with Crippen molar-refractivity contribution < 1.29 is 9.21 Å². The predicted octanol–water partition coefficient (Wildman–Crippen LogP) is 3.13. The third-order valence-corrected chi connectivity index (χ3v) is 4.83. The van der Waals surface area contributed by atoms with Crippen molar-refractivity contribution in [3.63, 3.8) is 0 Å². The number of aromatic nitrogens is 1. The van der Waals surface area contributed by atoms with Crippen LogP contribution in [0.4, 0.5) is 5.13 Å². The van der Waals surface area contributed by atoms with Crippen LogP contribution in [0.1, 0.15) is 23.8 Å². The van der Waals surface area contributed by atoms with Crippen LogP contribution in [0.15, 0.2) is 51.2 Å². The van der Waals surface area contributed by atoms with Crippen LogP contribution in [0.5, 0.6) is 0 Å². The van der Waals surface area contributed by atoms with Crippen molar-refractivity contribution >= 4 is 28.3 Å². The maximum absolute atomic E-state index is 11.0. The number of carbonyl (C=O) groups is 1. The van der Waals surface area contributed by atoms with Crippen LogP contribution in [-0.4, -0.2) is 23.4 Å². The van der Waals surface area contributed by atoms with E-state index in [1.807, 2.05) is 29.6 Å². The van der Waals surface area contributed by atoms with Crippen LogP contribution in [0, 0.1) is 6.92 Å². The molecule has 1 aromatic carbocycles. The Hall–Kier alpha value is -3.13. The topological polar surface area (TPSA) is 106 Å². The highest BCUT2D eigenvalue weighted by Gasteiger charge is 2.10. The summed E-state index contributed by atoms with van der Waals surface area (Å²) >= 11 is 1.38. The van der Waals surface area contributed by atoms with Gasteiger partial charge in [0.15, 0.2) is 11.7 Å². The Balaban J connectivity index is 1.56. The number of hydrogen-bond acceptors (Lipinski definition) is 5. The standard InChI is InChI=1S/C20H23N5O2S/c1-13-5-3-4-6-15(13)9-10-22-19(21)25-20-24-17(12-28-20)18-8-7-16(27-18)11-23-14(2)26/h3-8,12H,9-11H2,1-2H3,(H,23,26)(H3,21,22,24,25). The lowest BCUT2D eigenvalue weighted by Crippen LogP contribution is -2.32. The Morgan fingerprint density at radius 1 is 1.25 bits per heavy atom. The predicted molar refractivity (Wildman–Crippen MR) is 112 cm³/mol. The Morgan fingerprint density at radius 2 is 2.07 bits per heavy atom. The average Bonchev–Trinajstić information content (AvgIpc) is 3.31. The average molecular weight is 398 g/mol.